The van der Waals surface area contributed by atoms with Crippen LogP contribution in [0.25, 0.3) is 0 Å². The number of hydrogen-bond donors (Lipinski definition) is 2. The van der Waals surface area contributed by atoms with E-state index in [1.165, 1.54) is 18.2 Å². The molecule has 0 spiro atoms. The maximum Gasteiger partial charge on any atom is 0.242 e. The number of nitrogen functional groups attached to an aromatic ring is 1. The molecule has 1 aromatic carbocycles. The highest BCUT2D eigenvalue weighted by atomic mass is 35.5. The van der Waals surface area contributed by atoms with Gasteiger partial charge in [-0.2, -0.15) is 0 Å². The van der Waals surface area contributed by atoms with Gasteiger partial charge in [-0.15, -0.1) is 0 Å². The minimum absolute atomic E-state index is 0.0115. The summed E-state index contributed by atoms with van der Waals surface area (Å²) in [5.41, 5.74) is 5.87. The van der Waals surface area contributed by atoms with Gasteiger partial charge in [0.2, 0.25) is 10.0 Å². The quantitative estimate of drug-likeness (QED) is 0.828. The molecule has 0 radical (unpaired) electrons. The van der Waals surface area contributed by atoms with Crippen molar-refractivity contribution < 1.29 is 8.42 Å². The summed E-state index contributed by atoms with van der Waals surface area (Å²) in [5, 5.41) is 0.424. The number of nitrogens with one attached hydrogen (secondary N) is 1. The average Bonchev–Trinajstić information content (AvgIpc) is 2.70. The van der Waals surface area contributed by atoms with E-state index in [0.717, 1.165) is 6.42 Å². The fraction of sp³-hybridized carbons (Fsp3) is 0.455. The number of hydrogen-bond acceptors (Lipinski definition) is 3. The van der Waals surface area contributed by atoms with Gasteiger partial charge in [0.25, 0.3) is 0 Å². The Hall–Kier alpha value is -0.780. The fourth-order valence-corrected chi connectivity index (χ4v) is 3.38. The van der Waals surface area contributed by atoms with Crippen molar-refractivity contribution in [2.45, 2.75) is 31.2 Å². The van der Waals surface area contributed by atoms with Gasteiger partial charge in [0.15, 0.2) is 0 Å². The van der Waals surface area contributed by atoms with Gasteiger partial charge in [-0.1, -0.05) is 25.4 Å². The molecule has 1 aliphatic carbocycles. The first-order valence-corrected chi connectivity index (χ1v) is 7.16. The van der Waals surface area contributed by atoms with Gasteiger partial charge in [-0.05, 0) is 30.0 Å². The largest absolute Gasteiger partial charge is 0.398 e. The van der Waals surface area contributed by atoms with Gasteiger partial charge < -0.3 is 5.73 Å². The number of anilines is 1. The number of benzene rings is 1. The van der Waals surface area contributed by atoms with E-state index in [1.54, 1.807) is 0 Å². The molecule has 3 N–H and O–H groups in total. The molecule has 0 aliphatic heterocycles. The monoisotopic (exact) mass is 274 g/mol. The maximum absolute atomic E-state index is 12.1. The topological polar surface area (TPSA) is 72.2 Å². The summed E-state index contributed by atoms with van der Waals surface area (Å²) < 4.78 is 26.8. The van der Waals surface area contributed by atoms with E-state index < -0.39 is 10.0 Å². The molecule has 2 rings (SSSR count). The molecular weight excluding hydrogens is 260 g/mol. The molecule has 0 saturated heterocycles. The third kappa shape index (κ3) is 2.56. The van der Waals surface area contributed by atoms with Gasteiger partial charge in [-0.25, -0.2) is 13.1 Å². The molecule has 0 heterocycles. The Morgan fingerprint density at radius 3 is 2.53 bits per heavy atom. The summed E-state index contributed by atoms with van der Waals surface area (Å²) in [5.74, 6) is 0. The van der Waals surface area contributed by atoms with Crippen molar-refractivity contribution in [2.75, 3.05) is 5.73 Å². The zero-order valence-corrected chi connectivity index (χ0v) is 11.3. The second kappa shape index (κ2) is 3.86. The summed E-state index contributed by atoms with van der Waals surface area (Å²) >= 11 is 5.74. The summed E-state index contributed by atoms with van der Waals surface area (Å²) in [4.78, 5) is 0.0876. The minimum atomic E-state index is -3.55. The highest BCUT2D eigenvalue weighted by molar-refractivity contribution is 7.89. The standard InChI is InChI=1S/C11H15ClN2O2S/c1-11(2)6-10(11)14-17(15,16)9-4-3-7(12)5-8(9)13/h3-5,10,14H,6,13H2,1-2H3. The van der Waals surface area contributed by atoms with Gasteiger partial charge in [-0.3, -0.25) is 0 Å². The van der Waals surface area contributed by atoms with Crippen LogP contribution in [-0.4, -0.2) is 14.5 Å². The number of sulfonamides is 1. The van der Waals surface area contributed by atoms with Crippen molar-refractivity contribution in [3.63, 3.8) is 0 Å². The number of rotatable bonds is 3. The van der Waals surface area contributed by atoms with Crippen molar-refractivity contribution in [3.05, 3.63) is 23.2 Å². The Morgan fingerprint density at radius 2 is 2.06 bits per heavy atom. The van der Waals surface area contributed by atoms with Crippen molar-refractivity contribution in [1.82, 2.24) is 4.72 Å². The first kappa shape index (κ1) is 12.7. The van der Waals surface area contributed by atoms with E-state index in [0.29, 0.717) is 5.02 Å². The molecule has 17 heavy (non-hydrogen) atoms. The molecule has 6 heteroatoms. The lowest BCUT2D eigenvalue weighted by molar-refractivity contribution is 0.555. The molecule has 1 atom stereocenters. The molecule has 4 nitrogen and oxygen atoms in total. The lowest BCUT2D eigenvalue weighted by Gasteiger charge is -2.10. The Bertz CT molecular complexity index is 555. The van der Waals surface area contributed by atoms with E-state index >= 15 is 0 Å². The van der Waals surface area contributed by atoms with E-state index in [2.05, 4.69) is 4.72 Å². The molecular formula is C11H15ClN2O2S. The normalized spacial score (nSPS) is 22.4. The molecule has 94 valence electrons. The summed E-state index contributed by atoms with van der Waals surface area (Å²) in [6.45, 7) is 4.04. The number of nitrogens with two attached hydrogens (primary N) is 1. The first-order chi connectivity index (χ1) is 7.72. The lowest BCUT2D eigenvalue weighted by Crippen LogP contribution is -2.29. The summed E-state index contributed by atoms with van der Waals surface area (Å²) in [6.07, 6.45) is 0.847. The van der Waals surface area contributed by atoms with E-state index in [9.17, 15) is 8.42 Å². The highest BCUT2D eigenvalue weighted by Gasteiger charge is 2.48. The van der Waals surface area contributed by atoms with Crippen molar-refractivity contribution in [3.8, 4) is 0 Å². The molecule has 1 aliphatic rings. The SMILES string of the molecule is CC1(C)CC1NS(=O)(=O)c1ccc(Cl)cc1N. The molecule has 1 fully saturated rings. The molecule has 1 aromatic rings. The van der Waals surface area contributed by atoms with Gasteiger partial charge >= 0.3 is 0 Å². The van der Waals surface area contributed by atoms with E-state index in [4.69, 9.17) is 17.3 Å². The van der Waals surface area contributed by atoms with Crippen LogP contribution in [0.2, 0.25) is 5.02 Å². The van der Waals surface area contributed by atoms with Crippen molar-refractivity contribution >= 4 is 27.3 Å². The Kier molecular flexibility index (Phi) is 2.88. The summed E-state index contributed by atoms with van der Waals surface area (Å²) in [7, 11) is -3.55. The smallest absolute Gasteiger partial charge is 0.242 e. The van der Waals surface area contributed by atoms with Crippen LogP contribution >= 0.6 is 11.6 Å². The van der Waals surface area contributed by atoms with Crippen molar-refractivity contribution in [1.29, 1.82) is 0 Å². The van der Waals surface area contributed by atoms with Crippen LogP contribution in [0.1, 0.15) is 20.3 Å². The van der Waals surface area contributed by atoms with Crippen LogP contribution in [0.4, 0.5) is 5.69 Å². The van der Waals surface area contributed by atoms with Crippen LogP contribution < -0.4 is 10.5 Å². The maximum atomic E-state index is 12.1. The predicted molar refractivity (Wildman–Crippen MR) is 68.4 cm³/mol. The van der Waals surface area contributed by atoms with Crippen LogP contribution in [-0.2, 0) is 10.0 Å². The van der Waals surface area contributed by atoms with Crippen LogP contribution in [0.15, 0.2) is 23.1 Å². The summed E-state index contributed by atoms with van der Waals surface area (Å²) in [6, 6.07) is 4.37. The first-order valence-electron chi connectivity index (χ1n) is 5.30. The second-order valence-electron chi connectivity index (χ2n) is 5.05. The predicted octanol–water partition coefficient (Wildman–Crippen LogP) is 2.00. The minimum Gasteiger partial charge on any atom is -0.398 e. The van der Waals surface area contributed by atoms with E-state index in [-0.39, 0.29) is 22.0 Å². The van der Waals surface area contributed by atoms with Crippen LogP contribution in [0, 0.1) is 5.41 Å². The van der Waals surface area contributed by atoms with Crippen molar-refractivity contribution in [2.24, 2.45) is 5.41 Å². The Balaban J connectivity index is 2.26. The van der Waals surface area contributed by atoms with Gasteiger partial charge in [0, 0.05) is 11.1 Å². The lowest BCUT2D eigenvalue weighted by atomic mass is 10.2. The fourth-order valence-electron chi connectivity index (χ4n) is 1.68. The highest BCUT2D eigenvalue weighted by Crippen LogP contribution is 2.45. The third-order valence-electron chi connectivity index (χ3n) is 3.07. The second-order valence-corrected chi connectivity index (χ2v) is 7.17. The molecule has 1 unspecified atom stereocenters. The molecule has 0 aromatic heterocycles. The Morgan fingerprint density at radius 1 is 1.47 bits per heavy atom. The Labute approximate surface area is 106 Å². The zero-order chi connectivity index (χ0) is 12.8. The molecule has 1 saturated carbocycles. The third-order valence-corrected chi connectivity index (χ3v) is 4.85. The average molecular weight is 275 g/mol. The van der Waals surface area contributed by atoms with Gasteiger partial charge in [0.1, 0.15) is 4.90 Å². The van der Waals surface area contributed by atoms with Crippen LogP contribution in [0.5, 0.6) is 0 Å². The zero-order valence-electron chi connectivity index (χ0n) is 9.70. The van der Waals surface area contributed by atoms with Gasteiger partial charge in [0.05, 0.1) is 5.69 Å². The van der Waals surface area contributed by atoms with E-state index in [1.807, 2.05) is 13.8 Å². The van der Waals surface area contributed by atoms with Crippen LogP contribution in [0.3, 0.4) is 0 Å². The number of halogens is 1. The molecule has 0 bridgehead atoms. The molecule has 0 amide bonds.